The van der Waals surface area contributed by atoms with Crippen LogP contribution in [0.4, 0.5) is 0 Å². The summed E-state index contributed by atoms with van der Waals surface area (Å²) in [5, 5.41) is 4.38. The van der Waals surface area contributed by atoms with Crippen LogP contribution in [0.1, 0.15) is 16.8 Å². The molecule has 2 heterocycles. The molecule has 2 aromatic heterocycles. The van der Waals surface area contributed by atoms with Crippen molar-refractivity contribution in [1.82, 2.24) is 10.3 Å². The second-order valence-corrected chi connectivity index (χ2v) is 4.56. The standard InChI is InChI=1S/C11H14N2OS.ClH/c1-3-12-7-10-13-11(8(2)15-10)9-5-4-6-14-9;/h4-6,12H,3,7H2,1-2H3;1H. The fraction of sp³-hybridized carbons (Fsp3) is 0.364. The molecule has 2 aromatic rings. The van der Waals surface area contributed by atoms with E-state index in [9.17, 15) is 0 Å². The van der Waals surface area contributed by atoms with Crippen molar-refractivity contribution in [3.8, 4) is 11.5 Å². The van der Waals surface area contributed by atoms with Gasteiger partial charge in [0.1, 0.15) is 10.7 Å². The largest absolute Gasteiger partial charge is 0.463 e. The highest BCUT2D eigenvalue weighted by Gasteiger charge is 2.11. The lowest BCUT2D eigenvalue weighted by molar-refractivity contribution is 0.579. The van der Waals surface area contributed by atoms with Gasteiger partial charge in [-0.2, -0.15) is 0 Å². The van der Waals surface area contributed by atoms with Gasteiger partial charge in [-0.05, 0) is 25.6 Å². The van der Waals surface area contributed by atoms with Crippen LogP contribution in [0.15, 0.2) is 22.8 Å². The van der Waals surface area contributed by atoms with E-state index >= 15 is 0 Å². The molecule has 0 bridgehead atoms. The molecule has 0 aliphatic rings. The van der Waals surface area contributed by atoms with Gasteiger partial charge in [-0.15, -0.1) is 23.7 Å². The van der Waals surface area contributed by atoms with E-state index in [1.54, 1.807) is 17.6 Å². The lowest BCUT2D eigenvalue weighted by Gasteiger charge is -1.94. The number of rotatable bonds is 4. The molecule has 5 heteroatoms. The fourth-order valence-electron chi connectivity index (χ4n) is 1.40. The van der Waals surface area contributed by atoms with Gasteiger partial charge in [-0.1, -0.05) is 6.92 Å². The molecule has 0 radical (unpaired) electrons. The summed E-state index contributed by atoms with van der Waals surface area (Å²) in [7, 11) is 0. The summed E-state index contributed by atoms with van der Waals surface area (Å²) < 4.78 is 5.34. The van der Waals surface area contributed by atoms with Crippen molar-refractivity contribution >= 4 is 23.7 Å². The molecule has 0 unspecified atom stereocenters. The van der Waals surface area contributed by atoms with E-state index in [1.807, 2.05) is 12.1 Å². The Bertz CT molecular complexity index is 425. The zero-order valence-electron chi connectivity index (χ0n) is 9.32. The molecule has 0 atom stereocenters. The molecule has 88 valence electrons. The van der Waals surface area contributed by atoms with Gasteiger partial charge in [0.2, 0.25) is 0 Å². The summed E-state index contributed by atoms with van der Waals surface area (Å²) in [6.07, 6.45) is 1.68. The first-order chi connectivity index (χ1) is 7.31. The van der Waals surface area contributed by atoms with Crippen molar-refractivity contribution in [2.24, 2.45) is 0 Å². The van der Waals surface area contributed by atoms with E-state index in [2.05, 4.69) is 24.1 Å². The normalized spacial score (nSPS) is 10.1. The molecule has 0 aliphatic carbocycles. The van der Waals surface area contributed by atoms with E-state index in [0.717, 1.165) is 29.6 Å². The second-order valence-electron chi connectivity index (χ2n) is 3.27. The highest BCUT2D eigenvalue weighted by Crippen LogP contribution is 2.27. The molecule has 0 amide bonds. The first-order valence-corrected chi connectivity index (χ1v) is 5.83. The van der Waals surface area contributed by atoms with Crippen LogP contribution >= 0.6 is 23.7 Å². The summed E-state index contributed by atoms with van der Waals surface area (Å²) in [6, 6.07) is 3.83. The van der Waals surface area contributed by atoms with Crippen LogP contribution in [0, 0.1) is 6.92 Å². The minimum atomic E-state index is 0. The van der Waals surface area contributed by atoms with Crippen molar-refractivity contribution < 1.29 is 4.42 Å². The molecular weight excluding hydrogens is 244 g/mol. The first-order valence-electron chi connectivity index (χ1n) is 5.02. The van der Waals surface area contributed by atoms with E-state index in [4.69, 9.17) is 4.42 Å². The molecule has 0 aliphatic heterocycles. The predicted octanol–water partition coefficient (Wildman–Crippen LogP) is 3.24. The van der Waals surface area contributed by atoms with E-state index in [1.165, 1.54) is 4.88 Å². The lowest BCUT2D eigenvalue weighted by Crippen LogP contribution is -2.11. The van der Waals surface area contributed by atoms with Crippen LogP contribution in [0.25, 0.3) is 11.5 Å². The Balaban J connectivity index is 0.00000128. The molecule has 0 fully saturated rings. The van der Waals surface area contributed by atoms with Gasteiger partial charge in [0, 0.05) is 11.4 Å². The van der Waals surface area contributed by atoms with E-state index in [-0.39, 0.29) is 12.4 Å². The number of thiazole rings is 1. The van der Waals surface area contributed by atoms with Gasteiger partial charge >= 0.3 is 0 Å². The van der Waals surface area contributed by atoms with Crippen LogP contribution in [-0.4, -0.2) is 11.5 Å². The number of aryl methyl sites for hydroxylation is 1. The molecule has 0 saturated heterocycles. The highest BCUT2D eigenvalue weighted by atomic mass is 35.5. The Hall–Kier alpha value is -0.840. The summed E-state index contributed by atoms with van der Waals surface area (Å²) in [5.74, 6) is 0.853. The molecule has 0 saturated carbocycles. The van der Waals surface area contributed by atoms with Crippen molar-refractivity contribution in [3.05, 3.63) is 28.3 Å². The quantitative estimate of drug-likeness (QED) is 0.915. The molecule has 0 aromatic carbocycles. The zero-order valence-corrected chi connectivity index (χ0v) is 11.0. The maximum absolute atomic E-state index is 5.34. The minimum Gasteiger partial charge on any atom is -0.463 e. The molecule has 16 heavy (non-hydrogen) atoms. The maximum atomic E-state index is 5.34. The Labute approximate surface area is 105 Å². The van der Waals surface area contributed by atoms with Gasteiger partial charge < -0.3 is 9.73 Å². The summed E-state index contributed by atoms with van der Waals surface area (Å²) in [5.41, 5.74) is 0.970. The average molecular weight is 259 g/mol. The predicted molar refractivity (Wildman–Crippen MR) is 69.2 cm³/mol. The lowest BCUT2D eigenvalue weighted by atomic mass is 10.3. The third-order valence-corrected chi connectivity index (χ3v) is 3.09. The molecule has 1 N–H and O–H groups in total. The van der Waals surface area contributed by atoms with Crippen molar-refractivity contribution in [2.45, 2.75) is 20.4 Å². The van der Waals surface area contributed by atoms with Gasteiger partial charge in [0.25, 0.3) is 0 Å². The van der Waals surface area contributed by atoms with Crippen LogP contribution in [0.5, 0.6) is 0 Å². The van der Waals surface area contributed by atoms with Crippen molar-refractivity contribution in [1.29, 1.82) is 0 Å². The number of halogens is 1. The average Bonchev–Trinajstić information content (AvgIpc) is 2.83. The number of nitrogens with one attached hydrogen (secondary N) is 1. The van der Waals surface area contributed by atoms with Gasteiger partial charge in [0.05, 0.1) is 6.26 Å². The minimum absolute atomic E-state index is 0. The van der Waals surface area contributed by atoms with Crippen LogP contribution in [0.2, 0.25) is 0 Å². The van der Waals surface area contributed by atoms with Crippen LogP contribution < -0.4 is 5.32 Å². The third kappa shape index (κ3) is 2.84. The Morgan fingerprint density at radius 3 is 2.94 bits per heavy atom. The topological polar surface area (TPSA) is 38.1 Å². The number of furan rings is 1. The monoisotopic (exact) mass is 258 g/mol. The number of aromatic nitrogens is 1. The van der Waals surface area contributed by atoms with Gasteiger partial charge in [-0.3, -0.25) is 0 Å². The van der Waals surface area contributed by atoms with Crippen molar-refractivity contribution in [2.75, 3.05) is 6.54 Å². The Morgan fingerprint density at radius 2 is 2.31 bits per heavy atom. The highest BCUT2D eigenvalue weighted by molar-refractivity contribution is 7.12. The van der Waals surface area contributed by atoms with Crippen molar-refractivity contribution in [3.63, 3.8) is 0 Å². The Morgan fingerprint density at radius 1 is 1.50 bits per heavy atom. The molecular formula is C11H15ClN2OS. The third-order valence-electron chi connectivity index (χ3n) is 2.12. The van der Waals surface area contributed by atoms with E-state index in [0.29, 0.717) is 0 Å². The number of hydrogen-bond acceptors (Lipinski definition) is 4. The van der Waals surface area contributed by atoms with E-state index < -0.39 is 0 Å². The number of hydrogen-bond donors (Lipinski definition) is 1. The SMILES string of the molecule is CCNCc1nc(-c2ccco2)c(C)s1.Cl. The van der Waals surface area contributed by atoms with Gasteiger partial charge in [-0.25, -0.2) is 4.98 Å². The van der Waals surface area contributed by atoms with Crippen LogP contribution in [-0.2, 0) is 6.54 Å². The zero-order chi connectivity index (χ0) is 10.7. The first kappa shape index (κ1) is 13.2. The summed E-state index contributed by atoms with van der Waals surface area (Å²) in [4.78, 5) is 5.76. The summed E-state index contributed by atoms with van der Waals surface area (Å²) in [6.45, 7) is 5.97. The molecule has 3 nitrogen and oxygen atoms in total. The number of nitrogens with zero attached hydrogens (tertiary/aromatic N) is 1. The maximum Gasteiger partial charge on any atom is 0.153 e. The molecule has 2 rings (SSSR count). The smallest absolute Gasteiger partial charge is 0.153 e. The van der Waals surface area contributed by atoms with Gasteiger partial charge in [0.15, 0.2) is 5.76 Å². The fourth-order valence-corrected chi connectivity index (χ4v) is 2.31. The summed E-state index contributed by atoms with van der Waals surface area (Å²) >= 11 is 1.72. The second kappa shape index (κ2) is 6.03. The Kier molecular flexibility index (Phi) is 4.99. The van der Waals surface area contributed by atoms with Crippen LogP contribution in [0.3, 0.4) is 0 Å². The molecule has 0 spiro atoms.